The van der Waals surface area contributed by atoms with Crippen molar-refractivity contribution >= 4 is 11.9 Å². The molecule has 4 nitrogen and oxygen atoms in total. The summed E-state index contributed by atoms with van der Waals surface area (Å²) in [5.74, 6) is 0.651. The van der Waals surface area contributed by atoms with Gasteiger partial charge in [0.1, 0.15) is 0 Å². The standard InChI is InChI=1S/C30H56O4/c1-4-5-6-7-8-11-14-17-24-33-29(31)27-20-22-28(23-21-27)30(32)34-25-18-15-12-9-10-13-16-19-26(2)3/h26-28H,4-25H2,1-3H3. The lowest BCUT2D eigenvalue weighted by Gasteiger charge is -2.26. The van der Waals surface area contributed by atoms with E-state index in [1.165, 1.54) is 77.0 Å². The van der Waals surface area contributed by atoms with E-state index in [0.717, 1.165) is 57.3 Å². The first-order chi connectivity index (χ1) is 16.5. The fourth-order valence-corrected chi connectivity index (χ4v) is 4.92. The molecule has 0 unspecified atom stereocenters. The molecule has 0 aliphatic heterocycles. The number of carbonyl (C=O) groups excluding carboxylic acids is 2. The summed E-state index contributed by atoms with van der Waals surface area (Å²) in [7, 11) is 0. The third-order valence-corrected chi connectivity index (χ3v) is 7.31. The summed E-state index contributed by atoms with van der Waals surface area (Å²) in [5.41, 5.74) is 0. The average molecular weight is 481 g/mol. The van der Waals surface area contributed by atoms with Crippen LogP contribution in [0.5, 0.6) is 0 Å². The molecule has 0 amide bonds. The maximum atomic E-state index is 12.4. The van der Waals surface area contributed by atoms with E-state index in [1.807, 2.05) is 0 Å². The molecule has 34 heavy (non-hydrogen) atoms. The van der Waals surface area contributed by atoms with Gasteiger partial charge in [0.2, 0.25) is 0 Å². The van der Waals surface area contributed by atoms with E-state index in [9.17, 15) is 9.59 Å². The predicted octanol–water partition coefficient (Wildman–Crippen LogP) is 8.80. The van der Waals surface area contributed by atoms with Gasteiger partial charge in [-0.3, -0.25) is 9.59 Å². The van der Waals surface area contributed by atoms with E-state index < -0.39 is 0 Å². The Balaban J connectivity index is 1.96. The van der Waals surface area contributed by atoms with E-state index in [0.29, 0.717) is 13.2 Å². The lowest BCUT2D eigenvalue weighted by Crippen LogP contribution is -2.28. The lowest BCUT2D eigenvalue weighted by molar-refractivity contribution is -0.155. The van der Waals surface area contributed by atoms with Crippen LogP contribution in [-0.4, -0.2) is 25.2 Å². The van der Waals surface area contributed by atoms with Gasteiger partial charge < -0.3 is 9.47 Å². The second-order valence-corrected chi connectivity index (χ2v) is 11.0. The van der Waals surface area contributed by atoms with E-state index in [4.69, 9.17) is 9.47 Å². The smallest absolute Gasteiger partial charge is 0.308 e. The molecule has 0 heterocycles. The third kappa shape index (κ3) is 16.5. The molecule has 0 spiro atoms. The van der Waals surface area contributed by atoms with Gasteiger partial charge >= 0.3 is 11.9 Å². The molecule has 0 aromatic rings. The number of hydrogen-bond donors (Lipinski definition) is 0. The zero-order chi connectivity index (χ0) is 24.9. The fourth-order valence-electron chi connectivity index (χ4n) is 4.92. The molecule has 0 atom stereocenters. The fraction of sp³-hybridized carbons (Fsp3) is 0.933. The van der Waals surface area contributed by atoms with Crippen molar-refractivity contribution in [1.82, 2.24) is 0 Å². The van der Waals surface area contributed by atoms with Crippen LogP contribution in [-0.2, 0) is 19.1 Å². The molecule has 1 saturated carbocycles. The SMILES string of the molecule is CCCCCCCCCCOC(=O)C1CCC(C(=O)OCCCCCCCCCC(C)C)CC1. The summed E-state index contributed by atoms with van der Waals surface area (Å²) in [6.07, 6.45) is 23.0. The molecule has 0 aromatic heterocycles. The molecular formula is C30H56O4. The minimum Gasteiger partial charge on any atom is -0.465 e. The number of unbranched alkanes of at least 4 members (excludes halogenated alkanes) is 13. The van der Waals surface area contributed by atoms with Gasteiger partial charge in [0.05, 0.1) is 25.0 Å². The molecule has 200 valence electrons. The van der Waals surface area contributed by atoms with Crippen molar-refractivity contribution in [3.8, 4) is 0 Å². The third-order valence-electron chi connectivity index (χ3n) is 7.31. The van der Waals surface area contributed by atoms with Crippen molar-refractivity contribution in [2.45, 2.75) is 149 Å². The minimum absolute atomic E-state index is 0.0290. The number of rotatable bonds is 21. The van der Waals surface area contributed by atoms with Crippen molar-refractivity contribution in [1.29, 1.82) is 0 Å². The quantitative estimate of drug-likeness (QED) is 0.122. The first kappa shape index (κ1) is 31.0. The van der Waals surface area contributed by atoms with Crippen molar-refractivity contribution in [3.05, 3.63) is 0 Å². The van der Waals surface area contributed by atoms with Crippen LogP contribution >= 0.6 is 0 Å². The van der Waals surface area contributed by atoms with E-state index in [-0.39, 0.29) is 23.8 Å². The highest BCUT2D eigenvalue weighted by Crippen LogP contribution is 2.30. The summed E-state index contributed by atoms with van der Waals surface area (Å²) in [4.78, 5) is 24.7. The van der Waals surface area contributed by atoms with Gasteiger partial charge in [0, 0.05) is 0 Å². The Kier molecular flexibility index (Phi) is 19.3. The second-order valence-electron chi connectivity index (χ2n) is 11.0. The molecule has 0 N–H and O–H groups in total. The number of ether oxygens (including phenoxy) is 2. The lowest BCUT2D eigenvalue weighted by atomic mass is 9.82. The Morgan fingerprint density at radius 1 is 0.588 bits per heavy atom. The van der Waals surface area contributed by atoms with Crippen LogP contribution in [0.3, 0.4) is 0 Å². The van der Waals surface area contributed by atoms with Gasteiger partial charge in [0.25, 0.3) is 0 Å². The summed E-state index contributed by atoms with van der Waals surface area (Å²) in [5, 5.41) is 0. The van der Waals surface area contributed by atoms with Gasteiger partial charge in [-0.25, -0.2) is 0 Å². The molecule has 0 aromatic carbocycles. The van der Waals surface area contributed by atoms with Crippen LogP contribution in [0, 0.1) is 17.8 Å². The molecular weight excluding hydrogens is 424 g/mol. The van der Waals surface area contributed by atoms with E-state index in [2.05, 4.69) is 20.8 Å². The topological polar surface area (TPSA) is 52.6 Å². The maximum Gasteiger partial charge on any atom is 0.308 e. The highest BCUT2D eigenvalue weighted by Gasteiger charge is 2.31. The van der Waals surface area contributed by atoms with Gasteiger partial charge in [0.15, 0.2) is 0 Å². The molecule has 1 aliphatic carbocycles. The minimum atomic E-state index is -0.0565. The molecule has 0 radical (unpaired) electrons. The van der Waals surface area contributed by atoms with Gasteiger partial charge in [-0.1, -0.05) is 111 Å². The first-order valence-corrected chi connectivity index (χ1v) is 14.9. The van der Waals surface area contributed by atoms with Gasteiger partial charge in [-0.2, -0.15) is 0 Å². The number of hydrogen-bond acceptors (Lipinski definition) is 4. The Labute approximate surface area is 211 Å². The molecule has 0 bridgehead atoms. The average Bonchev–Trinajstić information content (AvgIpc) is 2.83. The highest BCUT2D eigenvalue weighted by molar-refractivity contribution is 5.75. The molecule has 1 aliphatic rings. The molecule has 1 fully saturated rings. The maximum absolute atomic E-state index is 12.4. The van der Waals surface area contributed by atoms with E-state index >= 15 is 0 Å². The largest absolute Gasteiger partial charge is 0.465 e. The predicted molar refractivity (Wildman–Crippen MR) is 142 cm³/mol. The summed E-state index contributed by atoms with van der Waals surface area (Å²) in [6, 6.07) is 0. The first-order valence-electron chi connectivity index (χ1n) is 14.9. The van der Waals surface area contributed by atoms with Gasteiger partial charge in [-0.15, -0.1) is 0 Å². The Morgan fingerprint density at radius 3 is 1.32 bits per heavy atom. The Bertz CT molecular complexity index is 494. The van der Waals surface area contributed by atoms with Crippen LogP contribution in [0.1, 0.15) is 149 Å². The van der Waals surface area contributed by atoms with Crippen LogP contribution in [0.4, 0.5) is 0 Å². The Morgan fingerprint density at radius 2 is 0.941 bits per heavy atom. The van der Waals surface area contributed by atoms with Crippen LogP contribution in [0.15, 0.2) is 0 Å². The van der Waals surface area contributed by atoms with E-state index in [1.54, 1.807) is 0 Å². The monoisotopic (exact) mass is 480 g/mol. The zero-order valence-electron chi connectivity index (χ0n) is 22.9. The zero-order valence-corrected chi connectivity index (χ0v) is 22.9. The molecule has 1 rings (SSSR count). The summed E-state index contributed by atoms with van der Waals surface area (Å²) in [6.45, 7) is 7.92. The van der Waals surface area contributed by atoms with Crippen molar-refractivity contribution in [2.75, 3.05) is 13.2 Å². The highest BCUT2D eigenvalue weighted by atomic mass is 16.5. The van der Waals surface area contributed by atoms with Crippen molar-refractivity contribution in [3.63, 3.8) is 0 Å². The van der Waals surface area contributed by atoms with Crippen LogP contribution < -0.4 is 0 Å². The summed E-state index contributed by atoms with van der Waals surface area (Å²) < 4.78 is 11.0. The Hall–Kier alpha value is -1.06. The summed E-state index contributed by atoms with van der Waals surface area (Å²) >= 11 is 0. The van der Waals surface area contributed by atoms with Crippen LogP contribution in [0.25, 0.3) is 0 Å². The van der Waals surface area contributed by atoms with Gasteiger partial charge in [-0.05, 0) is 44.4 Å². The molecule has 0 saturated heterocycles. The number of carbonyl (C=O) groups is 2. The van der Waals surface area contributed by atoms with Crippen LogP contribution in [0.2, 0.25) is 0 Å². The normalized spacial score (nSPS) is 18.2. The molecule has 4 heteroatoms. The number of esters is 2. The van der Waals surface area contributed by atoms with Crippen molar-refractivity contribution < 1.29 is 19.1 Å². The second kappa shape index (κ2) is 21.2. The van der Waals surface area contributed by atoms with Crippen molar-refractivity contribution in [2.24, 2.45) is 17.8 Å².